The number of nitrogens with two attached hydrogens (primary N) is 5. The predicted molar refractivity (Wildman–Crippen MR) is 590 cm³/mol. The SMILES string of the molecule is C.C.C.C.C=CC(=O)Cl.C=CC(=O)Nc1cccc(Nc2cc(NC3CCC(N(C)C)CC3)nc3c(CC)cnn23)c1.CCc1cn[nH]c1N.CCc1cnn2c(Cl)cc(Cl)nc12.CCc1cnn2c(Nc3cccc(N)c3)cc(Cl)nc12.CCc1cnn2c(Nc3cccc(N)c3)cc(NC3CCC(N(C)C)CC3)nc12.CCc1cnn2c1CC(=O)CC2=O.CN(C)c1ccccc1.Nc1cccc(N)c1. The van der Waals surface area contributed by atoms with Crippen LogP contribution < -0.4 is 65.5 Å². The number of hydrogen-bond acceptors (Lipinski definition) is 27. The van der Waals surface area contributed by atoms with Crippen molar-refractivity contribution in [3.8, 4) is 0 Å². The molecule has 11 heterocycles. The zero-order valence-electron chi connectivity index (χ0n) is 80.2. The number of nitrogens with zero attached hydrogens (tertiary/aromatic N) is 18. The fourth-order valence-corrected chi connectivity index (χ4v) is 15.9. The van der Waals surface area contributed by atoms with Crippen molar-refractivity contribution in [2.75, 3.05) is 108 Å². The lowest BCUT2D eigenvalue weighted by molar-refractivity contribution is -0.118. The molecule has 18 rings (SSSR count). The van der Waals surface area contributed by atoms with Crippen molar-refractivity contribution in [3.63, 3.8) is 0 Å². The van der Waals surface area contributed by atoms with Crippen molar-refractivity contribution < 1.29 is 19.2 Å². The van der Waals surface area contributed by atoms with Crippen molar-refractivity contribution in [1.82, 2.24) is 88.2 Å². The third kappa shape index (κ3) is 33.8. The molecule has 3 aliphatic rings. The average Bonchev–Trinajstić information content (AvgIpc) is 1.64. The zero-order chi connectivity index (χ0) is 99.6. The summed E-state index contributed by atoms with van der Waals surface area (Å²) in [5, 5.41) is 49.0. The molecule has 38 heteroatoms. The number of aromatic nitrogens is 16. The van der Waals surface area contributed by atoms with E-state index in [0.717, 1.165) is 184 Å². The molecule has 0 radical (unpaired) electrons. The number of amides is 1. The van der Waals surface area contributed by atoms with Crippen molar-refractivity contribution in [2.24, 2.45) is 0 Å². The van der Waals surface area contributed by atoms with Crippen LogP contribution in [0, 0.1) is 0 Å². The summed E-state index contributed by atoms with van der Waals surface area (Å²) >= 11 is 22.5. The first-order valence-electron chi connectivity index (χ1n) is 45.7. The highest BCUT2D eigenvalue weighted by Crippen LogP contribution is 2.33. The van der Waals surface area contributed by atoms with Crippen LogP contribution in [-0.4, -0.2) is 177 Å². The molecule has 5 aromatic carbocycles. The average molecular weight is 2020 g/mol. The molecule has 0 atom stereocenters. The van der Waals surface area contributed by atoms with Gasteiger partial charge in [-0.25, -0.2) is 29.1 Å². The fourth-order valence-electron chi connectivity index (χ4n) is 15.3. The molecule has 17 N–H and O–H groups in total. The quantitative estimate of drug-likeness (QED) is 0.00985. The smallest absolute Gasteiger partial charge is 0.254 e. The molecule has 760 valence electrons. The number of carbonyl (C=O) groups is 4. The number of anilines is 15. The van der Waals surface area contributed by atoms with Crippen LogP contribution >= 0.6 is 46.4 Å². The van der Waals surface area contributed by atoms with E-state index in [1.807, 2.05) is 172 Å². The number of fused-ring (bicyclic) bond motifs is 5. The minimum Gasteiger partial charge on any atom is -0.399 e. The maximum Gasteiger partial charge on any atom is 0.254 e. The van der Waals surface area contributed by atoms with Gasteiger partial charge >= 0.3 is 0 Å². The van der Waals surface area contributed by atoms with E-state index < -0.39 is 5.24 Å². The van der Waals surface area contributed by atoms with Crippen LogP contribution in [0.15, 0.2) is 214 Å². The van der Waals surface area contributed by atoms with Gasteiger partial charge in [0.05, 0.1) is 49.3 Å². The molecule has 10 aromatic heterocycles. The molecular formula is C104H142Cl4N30O4. The number of aromatic amines is 1. The molecule has 34 nitrogen and oxygen atoms in total. The molecule has 2 saturated carbocycles. The number of allylic oxidation sites excluding steroid dienone is 1. The zero-order valence-corrected chi connectivity index (χ0v) is 83.2. The summed E-state index contributed by atoms with van der Waals surface area (Å²) in [7, 11) is 12.7. The molecule has 0 saturated heterocycles. The lowest BCUT2D eigenvalue weighted by atomic mass is 9.90. The molecule has 1 amide bonds. The third-order valence-corrected chi connectivity index (χ3v) is 23.6. The van der Waals surface area contributed by atoms with Crippen molar-refractivity contribution in [2.45, 2.75) is 198 Å². The Labute approximate surface area is 854 Å². The first-order valence-corrected chi connectivity index (χ1v) is 47.3. The molecule has 2 fully saturated rings. The monoisotopic (exact) mass is 2020 g/mol. The number of hydrogen-bond donors (Lipinski definition) is 12. The van der Waals surface area contributed by atoms with Crippen molar-refractivity contribution >= 4 is 178 Å². The Bertz CT molecular complexity index is 6510. The number of ketones is 1. The van der Waals surface area contributed by atoms with E-state index in [0.29, 0.717) is 74.6 Å². The summed E-state index contributed by atoms with van der Waals surface area (Å²) in [4.78, 5) is 68.6. The summed E-state index contributed by atoms with van der Waals surface area (Å²) in [5.74, 6) is 4.43. The number of aryl methyl sites for hydroxylation is 6. The summed E-state index contributed by atoms with van der Waals surface area (Å²) in [6.45, 7) is 19.0. The molecule has 15 aromatic rings. The van der Waals surface area contributed by atoms with Gasteiger partial charge in [0.25, 0.3) is 5.91 Å². The summed E-state index contributed by atoms with van der Waals surface area (Å²) in [6, 6.07) is 49.8. The van der Waals surface area contributed by atoms with E-state index in [4.69, 9.17) is 85.0 Å². The number of carbonyl (C=O) groups excluding carboxylic acids is 4. The van der Waals surface area contributed by atoms with E-state index in [1.54, 1.807) is 58.0 Å². The second-order valence-corrected chi connectivity index (χ2v) is 34.9. The Morgan fingerprint density at radius 1 is 0.437 bits per heavy atom. The number of nitrogen functional groups attached to an aromatic ring is 5. The Morgan fingerprint density at radius 2 is 0.817 bits per heavy atom. The van der Waals surface area contributed by atoms with E-state index >= 15 is 0 Å². The number of rotatable bonds is 22. The first-order chi connectivity index (χ1) is 66.3. The maximum absolute atomic E-state index is 11.7. The number of H-pyrrole nitrogens is 1. The molecular weight excluding hydrogens is 1880 g/mol. The van der Waals surface area contributed by atoms with Gasteiger partial charge in [-0.05, 0) is 232 Å². The van der Waals surface area contributed by atoms with Crippen molar-refractivity contribution in [1.29, 1.82) is 0 Å². The number of benzene rings is 5. The van der Waals surface area contributed by atoms with Crippen LogP contribution in [0.4, 0.5) is 86.1 Å². The lowest BCUT2D eigenvalue weighted by Gasteiger charge is -2.33. The summed E-state index contributed by atoms with van der Waals surface area (Å²) < 4.78 is 8.39. The van der Waals surface area contributed by atoms with Gasteiger partial charge in [-0.2, -0.15) is 44.1 Å². The van der Waals surface area contributed by atoms with Gasteiger partial charge in [-0.3, -0.25) is 24.3 Å². The molecule has 0 spiro atoms. The van der Waals surface area contributed by atoms with E-state index in [2.05, 4.69) is 167 Å². The van der Waals surface area contributed by atoms with Gasteiger partial charge in [0.15, 0.2) is 22.6 Å². The highest BCUT2D eigenvalue weighted by atomic mass is 35.5. The van der Waals surface area contributed by atoms with Gasteiger partial charge in [0, 0.05) is 148 Å². The maximum atomic E-state index is 11.7. The largest absolute Gasteiger partial charge is 0.399 e. The minimum absolute atomic E-state index is 0. The highest BCUT2D eigenvalue weighted by molar-refractivity contribution is 6.66. The second-order valence-electron chi connectivity index (χ2n) is 33.3. The van der Waals surface area contributed by atoms with Gasteiger partial charge in [-0.1, -0.05) is 162 Å². The van der Waals surface area contributed by atoms with Crippen LogP contribution in [0.1, 0.15) is 173 Å². The number of para-hydroxylation sites is 1. The molecule has 0 unspecified atom stereocenters. The second kappa shape index (κ2) is 57.5. The van der Waals surface area contributed by atoms with Crippen LogP contribution in [0.2, 0.25) is 15.5 Å². The van der Waals surface area contributed by atoms with Gasteiger partial charge in [0.1, 0.15) is 56.1 Å². The molecule has 142 heavy (non-hydrogen) atoms. The highest BCUT2D eigenvalue weighted by Gasteiger charge is 2.28. The fraction of sp³-hybridized carbons (Fsp3) is 0.346. The number of halogens is 4. The Kier molecular flexibility index (Phi) is 47.2. The number of Topliss-reactive ketones (excluding diaryl/α,β-unsaturated/α-hetero) is 1. The summed E-state index contributed by atoms with van der Waals surface area (Å²) in [5.41, 5.74) is 45.8. The summed E-state index contributed by atoms with van der Waals surface area (Å²) in [6.07, 6.45) is 28.0. The van der Waals surface area contributed by atoms with Crippen LogP contribution in [0.3, 0.4) is 0 Å². The van der Waals surface area contributed by atoms with E-state index in [-0.39, 0.29) is 53.7 Å². The Morgan fingerprint density at radius 3 is 1.19 bits per heavy atom. The Balaban J connectivity index is 0.000000258. The van der Waals surface area contributed by atoms with Crippen LogP contribution in [0.25, 0.3) is 22.6 Å². The third-order valence-electron chi connectivity index (χ3n) is 22.8. The Hall–Kier alpha value is -14.2. The predicted octanol–water partition coefficient (Wildman–Crippen LogP) is 21.5. The van der Waals surface area contributed by atoms with E-state index in [9.17, 15) is 19.2 Å². The minimum atomic E-state index is -0.509. The first kappa shape index (κ1) is 117. The normalized spacial score (nSPS) is 14.1. The lowest BCUT2D eigenvalue weighted by Crippen LogP contribution is -2.36. The topological polar surface area (TPSA) is 448 Å². The van der Waals surface area contributed by atoms with Crippen LogP contribution in [0.5, 0.6) is 0 Å². The van der Waals surface area contributed by atoms with Crippen LogP contribution in [-0.2, 0) is 59.3 Å². The van der Waals surface area contributed by atoms with E-state index in [1.165, 1.54) is 42.1 Å². The van der Waals surface area contributed by atoms with Crippen molar-refractivity contribution in [3.05, 3.63) is 269 Å². The molecule has 0 bridgehead atoms. The number of nitrogens with one attached hydrogen (secondary N) is 7. The van der Waals surface area contributed by atoms with Gasteiger partial charge < -0.3 is 75.3 Å². The van der Waals surface area contributed by atoms with Gasteiger partial charge in [-0.15, -0.1) is 0 Å². The van der Waals surface area contributed by atoms with Gasteiger partial charge in [0.2, 0.25) is 11.1 Å². The standard InChI is InChI=1S/C25H33N7O.C22H31N7.C14H14ClN5.C9H10N2O2.C8H7Cl2N3.C8H11N.C6H8N2.C5H9N3.C3H3ClO.4CH4/c1-5-17-16-26-32-23(28-19-8-7-9-20(14-19)29-24(33)6-2)15-22(30-25(17)32)27-18-10-12-21(13-11-18)31(3)4;1-4-15-14-24-29-21(26-18-7-5-6-16(23)12-18)13-20(27-22(15)29)25-17-8-10-19(11-9-17)28(2)3;1-2-9-8-17-20-13(7-12(15)19-14(9)20)18-11-5-3-4-10(16)6-11;1-2-6-5-10-11-8(6)3-7(12)4-9(11)13;1-2-5-4-11-13-7(10)3-6(9)12-8(5)13;1-9(2)8-6-4-3-5-7-8;7-5-2-1-3-6(8)4-5;1-2-4-3-7-8-5(4)6;1-2-3(4)5;;;;/h6-9,14-16,18,21,28H,2,5,10-13H2,1,3-4H3,(H,27,30)(H,29,33);5-7,12-14,17,19,26H,4,8-11,23H2,1-3H3,(H,25,27);3-8,18H,2,16H2,1H3;5H,2-4H2,1H3;3-4H,2H2,1H3;3-7H,1-2H3;1-4H,7-8H2;3H,2H2,1H3,(H3,6,7,8);2H,1H2;4*1H4. The molecule has 2 aliphatic carbocycles. The molecule has 1 aliphatic heterocycles.